The summed E-state index contributed by atoms with van der Waals surface area (Å²) in [6.07, 6.45) is 3.68. The molecular weight excluding hydrogens is 236 g/mol. The molecule has 0 bridgehead atoms. The molecule has 0 saturated carbocycles. The molecule has 0 aliphatic carbocycles. The maximum Gasteiger partial charge on any atom is 0.311 e. The van der Waals surface area contributed by atoms with E-state index in [1.54, 1.807) is 0 Å². The van der Waals surface area contributed by atoms with E-state index >= 15 is 0 Å². The van der Waals surface area contributed by atoms with Gasteiger partial charge in [-0.2, -0.15) is 0 Å². The van der Waals surface area contributed by atoms with Gasteiger partial charge in [-0.15, -0.1) is 0 Å². The fraction of sp³-hybridized carbons (Fsp3) is 0.833. The lowest BCUT2D eigenvalue weighted by molar-refractivity contribution is 0.185. The molecule has 0 N–H and O–H groups in total. The highest BCUT2D eigenvalue weighted by atomic mass is 28.3. The summed E-state index contributed by atoms with van der Waals surface area (Å²) in [7, 11) is -0.0623. The number of methoxy groups -OCH3 is 2. The third-order valence-electron chi connectivity index (χ3n) is 3.07. The van der Waals surface area contributed by atoms with Crippen molar-refractivity contribution in [3.05, 3.63) is 0 Å². The number of carbonyl (C=O) groups is 2. The Morgan fingerprint density at radius 3 is 1.47 bits per heavy atom. The first-order valence-corrected chi connectivity index (χ1v) is 8.67. The van der Waals surface area contributed by atoms with Crippen LogP contribution in [0.3, 0.4) is 0 Å². The van der Waals surface area contributed by atoms with Crippen LogP contribution in [0.25, 0.3) is 0 Å². The van der Waals surface area contributed by atoms with E-state index in [1.807, 2.05) is 13.8 Å². The maximum absolute atomic E-state index is 12.0. The van der Waals surface area contributed by atoms with Gasteiger partial charge in [-0.3, -0.25) is 9.59 Å². The van der Waals surface area contributed by atoms with Crippen LogP contribution in [0.15, 0.2) is 0 Å². The summed E-state index contributed by atoms with van der Waals surface area (Å²) in [5.41, 5.74) is -0.655. The van der Waals surface area contributed by atoms with Crippen LogP contribution in [0.4, 0.5) is 9.59 Å². The topological polar surface area (TPSA) is 52.6 Å². The normalized spacial score (nSPS) is 11.1. The first-order valence-electron chi connectivity index (χ1n) is 6.25. The third-order valence-corrected chi connectivity index (χ3v) is 7.45. The largest absolute Gasteiger partial charge is 0.473 e. The number of hydrogen-bond acceptors (Lipinski definition) is 4. The van der Waals surface area contributed by atoms with Crippen molar-refractivity contribution in [3.8, 4) is 0 Å². The average molecular weight is 260 g/mol. The molecule has 5 heteroatoms. The van der Waals surface area contributed by atoms with Crippen LogP contribution in [0.2, 0.25) is 12.1 Å². The molecule has 4 nitrogen and oxygen atoms in total. The molecule has 0 amide bonds. The fourth-order valence-electron chi connectivity index (χ4n) is 1.96. The third kappa shape index (κ3) is 4.15. The number of hydrogen-bond donors (Lipinski definition) is 0. The van der Waals surface area contributed by atoms with E-state index in [1.165, 1.54) is 14.2 Å². The molecule has 0 spiro atoms. The zero-order chi connectivity index (χ0) is 13.3. The van der Waals surface area contributed by atoms with Gasteiger partial charge in [-0.25, -0.2) is 0 Å². The van der Waals surface area contributed by atoms with Gasteiger partial charge in [-0.1, -0.05) is 39.5 Å². The van der Waals surface area contributed by atoms with Gasteiger partial charge in [0.25, 0.3) is 11.2 Å². The van der Waals surface area contributed by atoms with E-state index in [-0.39, 0.29) is 11.2 Å². The van der Waals surface area contributed by atoms with E-state index in [4.69, 9.17) is 9.47 Å². The summed E-state index contributed by atoms with van der Waals surface area (Å²) >= 11 is 0. The van der Waals surface area contributed by atoms with Crippen molar-refractivity contribution < 1.29 is 19.1 Å². The standard InChI is InChI=1S/C12H24O4Si/c1-5-7-9-17(10-8-6-2,11(13)15-3)12(14)16-4/h5-10H2,1-4H3. The molecular formula is C12H24O4Si. The second-order valence-electron chi connectivity index (χ2n) is 4.27. The Bertz CT molecular complexity index is 227. The Morgan fingerprint density at radius 2 is 1.24 bits per heavy atom. The minimum atomic E-state index is -2.77. The second-order valence-corrected chi connectivity index (χ2v) is 8.25. The summed E-state index contributed by atoms with van der Waals surface area (Å²) < 4.78 is 9.71. The summed E-state index contributed by atoms with van der Waals surface area (Å²) in [6, 6.07) is 1.28. The van der Waals surface area contributed by atoms with Gasteiger partial charge in [0.2, 0.25) is 0 Å². The first-order chi connectivity index (χ1) is 8.08. The average Bonchev–Trinajstić information content (AvgIpc) is 2.37. The van der Waals surface area contributed by atoms with Crippen molar-refractivity contribution in [2.75, 3.05) is 14.2 Å². The van der Waals surface area contributed by atoms with E-state index in [0.717, 1.165) is 25.7 Å². The minimum absolute atomic E-state index is 0.328. The number of rotatable bonds is 8. The van der Waals surface area contributed by atoms with Crippen LogP contribution in [0, 0.1) is 0 Å². The van der Waals surface area contributed by atoms with Crippen molar-refractivity contribution in [3.63, 3.8) is 0 Å². The molecule has 0 atom stereocenters. The van der Waals surface area contributed by atoms with Gasteiger partial charge in [0.05, 0.1) is 14.2 Å². The zero-order valence-electron chi connectivity index (χ0n) is 11.4. The quantitative estimate of drug-likeness (QED) is 0.624. The SMILES string of the molecule is CCCC[Si](CCCC)(C(=O)OC)C(=O)OC. The summed E-state index contributed by atoms with van der Waals surface area (Å²) in [5.74, 6) is 0. The van der Waals surface area contributed by atoms with E-state index in [0.29, 0.717) is 12.1 Å². The van der Waals surface area contributed by atoms with Crippen molar-refractivity contribution in [2.45, 2.75) is 51.6 Å². The molecule has 0 aliphatic heterocycles. The van der Waals surface area contributed by atoms with Gasteiger partial charge in [0, 0.05) is 0 Å². The van der Waals surface area contributed by atoms with Crippen LogP contribution >= 0.6 is 0 Å². The van der Waals surface area contributed by atoms with Gasteiger partial charge in [-0.05, 0) is 12.1 Å². The smallest absolute Gasteiger partial charge is 0.311 e. The molecule has 0 radical (unpaired) electrons. The molecule has 0 heterocycles. The van der Waals surface area contributed by atoms with Crippen molar-refractivity contribution in [2.24, 2.45) is 0 Å². The van der Waals surface area contributed by atoms with E-state index < -0.39 is 8.07 Å². The summed E-state index contributed by atoms with van der Waals surface area (Å²) in [4.78, 5) is 24.0. The monoisotopic (exact) mass is 260 g/mol. The Morgan fingerprint density at radius 1 is 0.882 bits per heavy atom. The van der Waals surface area contributed by atoms with Crippen molar-refractivity contribution >= 4 is 19.3 Å². The van der Waals surface area contributed by atoms with Crippen LogP contribution in [-0.2, 0) is 9.47 Å². The Labute approximate surface area is 105 Å². The molecule has 0 unspecified atom stereocenters. The molecule has 0 saturated heterocycles. The molecule has 0 aromatic rings. The highest BCUT2D eigenvalue weighted by Gasteiger charge is 2.51. The zero-order valence-corrected chi connectivity index (χ0v) is 12.4. The van der Waals surface area contributed by atoms with Crippen molar-refractivity contribution in [1.29, 1.82) is 0 Å². The van der Waals surface area contributed by atoms with Crippen LogP contribution in [0.5, 0.6) is 0 Å². The van der Waals surface area contributed by atoms with Crippen LogP contribution < -0.4 is 0 Å². The summed E-state index contributed by atoms with van der Waals surface area (Å²) in [6.45, 7) is 4.10. The minimum Gasteiger partial charge on any atom is -0.473 e. The first kappa shape index (κ1) is 16.2. The lowest BCUT2D eigenvalue weighted by atomic mass is 10.4. The van der Waals surface area contributed by atoms with Crippen LogP contribution in [0.1, 0.15) is 39.5 Å². The lowest BCUT2D eigenvalue weighted by Gasteiger charge is -2.25. The van der Waals surface area contributed by atoms with Gasteiger partial charge in [0.1, 0.15) is 0 Å². The lowest BCUT2D eigenvalue weighted by Crippen LogP contribution is -2.52. The number of carbonyl (C=O) groups excluding carboxylic acids is 2. The molecule has 0 aromatic carbocycles. The summed E-state index contributed by atoms with van der Waals surface area (Å²) in [5, 5.41) is 0. The maximum atomic E-state index is 12.0. The second kappa shape index (κ2) is 8.28. The highest BCUT2D eigenvalue weighted by Crippen LogP contribution is 2.26. The fourth-order valence-corrected chi connectivity index (χ4v) is 5.89. The highest BCUT2D eigenvalue weighted by molar-refractivity contribution is 7.23. The predicted octanol–water partition coefficient (Wildman–Crippen LogP) is 3.73. The predicted molar refractivity (Wildman–Crippen MR) is 70.0 cm³/mol. The molecule has 0 aromatic heterocycles. The molecule has 0 aliphatic rings. The van der Waals surface area contributed by atoms with E-state index in [2.05, 4.69) is 0 Å². The van der Waals surface area contributed by atoms with Gasteiger partial charge in [0.15, 0.2) is 0 Å². The number of unbranched alkanes of at least 4 members (excludes halogenated alkanes) is 2. The molecule has 0 fully saturated rings. The Kier molecular flexibility index (Phi) is 7.87. The van der Waals surface area contributed by atoms with Crippen LogP contribution in [-0.4, -0.2) is 33.5 Å². The molecule has 0 rings (SSSR count). The molecule has 100 valence electrons. The molecule has 17 heavy (non-hydrogen) atoms. The van der Waals surface area contributed by atoms with Crippen molar-refractivity contribution in [1.82, 2.24) is 0 Å². The van der Waals surface area contributed by atoms with Gasteiger partial charge >= 0.3 is 8.07 Å². The van der Waals surface area contributed by atoms with Gasteiger partial charge < -0.3 is 9.47 Å². The number of ether oxygens (including phenoxy) is 2. The van der Waals surface area contributed by atoms with E-state index in [9.17, 15) is 9.59 Å². The Hall–Kier alpha value is -0.843. The Balaban J connectivity index is 5.04.